The lowest BCUT2D eigenvalue weighted by Crippen LogP contribution is -2.40. The smallest absolute Gasteiger partial charge is 0.191 e. The molecular weight excluding hydrogens is 278 g/mol. The molecule has 0 amide bonds. The van der Waals surface area contributed by atoms with Crippen LogP contribution in [0.4, 0.5) is 0 Å². The Balaban J connectivity index is 1.66. The number of guanidine groups is 1. The molecule has 22 heavy (non-hydrogen) atoms. The summed E-state index contributed by atoms with van der Waals surface area (Å²) in [6.07, 6.45) is 8.79. The van der Waals surface area contributed by atoms with Crippen molar-refractivity contribution in [2.75, 3.05) is 26.2 Å². The van der Waals surface area contributed by atoms with E-state index in [1.54, 1.807) is 6.26 Å². The zero-order valence-electron chi connectivity index (χ0n) is 13.6. The lowest BCUT2D eigenvalue weighted by atomic mass is 10.1. The summed E-state index contributed by atoms with van der Waals surface area (Å²) in [7, 11) is 0. The minimum atomic E-state index is 0.414. The second-order valence-corrected chi connectivity index (χ2v) is 5.69. The highest BCUT2D eigenvalue weighted by Gasteiger charge is 2.13. The van der Waals surface area contributed by atoms with Gasteiger partial charge < -0.3 is 19.8 Å². The van der Waals surface area contributed by atoms with E-state index in [9.17, 15) is 0 Å². The van der Waals surface area contributed by atoms with Gasteiger partial charge in [-0.3, -0.25) is 4.99 Å². The van der Waals surface area contributed by atoms with Gasteiger partial charge in [0.05, 0.1) is 12.4 Å². The number of hydrogen-bond donors (Lipinski definition) is 2. The second kappa shape index (κ2) is 10.3. The average molecular weight is 307 g/mol. The van der Waals surface area contributed by atoms with Crippen LogP contribution in [0.15, 0.2) is 27.8 Å². The quantitative estimate of drug-likeness (QED) is 0.573. The molecule has 0 aliphatic carbocycles. The molecule has 1 saturated heterocycles. The van der Waals surface area contributed by atoms with Crippen LogP contribution in [0.1, 0.15) is 44.8 Å². The largest absolute Gasteiger partial charge is 0.469 e. The Labute approximate surface area is 133 Å². The molecule has 0 aromatic carbocycles. The molecule has 1 aliphatic rings. The molecule has 0 spiro atoms. The molecule has 0 saturated carbocycles. The van der Waals surface area contributed by atoms with Crippen LogP contribution >= 0.6 is 0 Å². The number of nitrogens with zero attached hydrogens (tertiary/aromatic N) is 1. The minimum Gasteiger partial charge on any atom is -0.469 e. The van der Waals surface area contributed by atoms with Crippen molar-refractivity contribution in [3.63, 3.8) is 0 Å². The molecule has 5 nitrogen and oxygen atoms in total. The van der Waals surface area contributed by atoms with Gasteiger partial charge in [0.15, 0.2) is 5.96 Å². The fraction of sp³-hybridized carbons (Fsp3) is 0.706. The van der Waals surface area contributed by atoms with Gasteiger partial charge in [-0.25, -0.2) is 0 Å². The van der Waals surface area contributed by atoms with Gasteiger partial charge in [-0.05, 0) is 44.2 Å². The summed E-state index contributed by atoms with van der Waals surface area (Å²) in [6.45, 7) is 5.63. The van der Waals surface area contributed by atoms with E-state index in [4.69, 9.17) is 9.15 Å². The predicted molar refractivity (Wildman–Crippen MR) is 89.2 cm³/mol. The summed E-state index contributed by atoms with van der Waals surface area (Å²) >= 11 is 0. The zero-order valence-corrected chi connectivity index (χ0v) is 13.6. The first-order valence-corrected chi connectivity index (χ1v) is 8.54. The summed E-state index contributed by atoms with van der Waals surface area (Å²) < 4.78 is 11.1. The maximum absolute atomic E-state index is 5.76. The van der Waals surface area contributed by atoms with Crippen LogP contribution in [0.25, 0.3) is 0 Å². The topological polar surface area (TPSA) is 58.8 Å². The average Bonchev–Trinajstić information content (AvgIpc) is 3.06. The van der Waals surface area contributed by atoms with Crippen molar-refractivity contribution in [2.45, 2.75) is 51.6 Å². The Morgan fingerprint density at radius 2 is 2.23 bits per heavy atom. The molecule has 2 rings (SSSR count). The van der Waals surface area contributed by atoms with Crippen LogP contribution in [0.3, 0.4) is 0 Å². The molecule has 1 aromatic rings. The molecule has 124 valence electrons. The summed E-state index contributed by atoms with van der Waals surface area (Å²) in [5, 5.41) is 6.78. The third-order valence-corrected chi connectivity index (χ3v) is 3.77. The molecular formula is C17H29N3O2. The van der Waals surface area contributed by atoms with E-state index in [2.05, 4.69) is 22.5 Å². The van der Waals surface area contributed by atoms with Crippen molar-refractivity contribution in [1.29, 1.82) is 0 Å². The molecule has 1 atom stereocenters. The first-order chi connectivity index (χ1) is 10.9. The van der Waals surface area contributed by atoms with Gasteiger partial charge in [0.2, 0.25) is 0 Å². The molecule has 1 unspecified atom stereocenters. The van der Waals surface area contributed by atoms with E-state index in [1.807, 2.05) is 12.1 Å². The molecule has 5 heteroatoms. The predicted octanol–water partition coefficient (Wildman–Crippen LogP) is 2.73. The van der Waals surface area contributed by atoms with E-state index in [1.165, 1.54) is 19.3 Å². The Bertz CT molecular complexity index is 412. The Kier molecular flexibility index (Phi) is 7.88. The fourth-order valence-electron chi connectivity index (χ4n) is 2.54. The maximum atomic E-state index is 5.76. The van der Waals surface area contributed by atoms with Crippen LogP contribution in [0, 0.1) is 0 Å². The van der Waals surface area contributed by atoms with Crippen LogP contribution in [-0.2, 0) is 11.2 Å². The second-order valence-electron chi connectivity index (χ2n) is 5.69. The van der Waals surface area contributed by atoms with Gasteiger partial charge in [-0.2, -0.15) is 0 Å². The maximum Gasteiger partial charge on any atom is 0.191 e. The van der Waals surface area contributed by atoms with Gasteiger partial charge in [-0.1, -0.05) is 6.92 Å². The minimum absolute atomic E-state index is 0.414. The van der Waals surface area contributed by atoms with E-state index in [-0.39, 0.29) is 0 Å². The number of aliphatic imine (C=N–C) groups is 1. The lowest BCUT2D eigenvalue weighted by molar-refractivity contribution is 0.0122. The number of ether oxygens (including phenoxy) is 1. The van der Waals surface area contributed by atoms with Crippen molar-refractivity contribution in [3.05, 3.63) is 24.2 Å². The Morgan fingerprint density at radius 1 is 1.32 bits per heavy atom. The van der Waals surface area contributed by atoms with Crippen molar-refractivity contribution in [3.8, 4) is 0 Å². The lowest BCUT2D eigenvalue weighted by Gasteiger charge is -2.23. The van der Waals surface area contributed by atoms with E-state index < -0.39 is 0 Å². The molecule has 1 aliphatic heterocycles. The first kappa shape index (κ1) is 16.9. The normalized spacial score (nSPS) is 19.1. The highest BCUT2D eigenvalue weighted by atomic mass is 16.5. The fourth-order valence-corrected chi connectivity index (χ4v) is 2.54. The molecule has 1 fully saturated rings. The van der Waals surface area contributed by atoms with Crippen molar-refractivity contribution in [1.82, 2.24) is 10.6 Å². The standard InChI is InChI=1S/C17H29N3O2/c1-2-10-18-17(20-12-9-16-7-5-14-22-16)19-11-8-15-6-3-4-13-21-15/h5,7,14-15H,2-4,6,8-13H2,1H3,(H2,18,19,20). The molecule has 0 bridgehead atoms. The zero-order chi connectivity index (χ0) is 15.5. The van der Waals surface area contributed by atoms with Crippen LogP contribution in [-0.4, -0.2) is 38.3 Å². The van der Waals surface area contributed by atoms with E-state index in [0.29, 0.717) is 6.10 Å². The van der Waals surface area contributed by atoms with Crippen LogP contribution in [0.2, 0.25) is 0 Å². The highest BCUT2D eigenvalue weighted by Crippen LogP contribution is 2.14. The van der Waals surface area contributed by atoms with Crippen LogP contribution in [0.5, 0.6) is 0 Å². The van der Waals surface area contributed by atoms with Gasteiger partial charge in [0.1, 0.15) is 5.76 Å². The molecule has 0 radical (unpaired) electrons. The van der Waals surface area contributed by atoms with Crippen molar-refractivity contribution >= 4 is 5.96 Å². The number of furan rings is 1. The summed E-state index contributed by atoms with van der Waals surface area (Å²) in [4.78, 5) is 4.57. The SMILES string of the molecule is CCCN=C(NCCc1ccco1)NCCC1CCCCO1. The molecule has 2 N–H and O–H groups in total. The number of hydrogen-bond acceptors (Lipinski definition) is 3. The third-order valence-electron chi connectivity index (χ3n) is 3.77. The Morgan fingerprint density at radius 3 is 2.95 bits per heavy atom. The van der Waals surface area contributed by atoms with Crippen molar-refractivity contribution in [2.24, 2.45) is 4.99 Å². The van der Waals surface area contributed by atoms with Crippen LogP contribution < -0.4 is 10.6 Å². The Hall–Kier alpha value is -1.49. The summed E-state index contributed by atoms with van der Waals surface area (Å²) in [5.41, 5.74) is 0. The van der Waals surface area contributed by atoms with Gasteiger partial charge in [-0.15, -0.1) is 0 Å². The van der Waals surface area contributed by atoms with Gasteiger partial charge >= 0.3 is 0 Å². The van der Waals surface area contributed by atoms with E-state index in [0.717, 1.165) is 57.2 Å². The third kappa shape index (κ3) is 6.52. The molecule has 1 aromatic heterocycles. The number of rotatable bonds is 8. The number of nitrogens with one attached hydrogen (secondary N) is 2. The summed E-state index contributed by atoms with van der Waals surface area (Å²) in [5.74, 6) is 1.89. The highest BCUT2D eigenvalue weighted by molar-refractivity contribution is 5.79. The van der Waals surface area contributed by atoms with Gasteiger partial charge in [0.25, 0.3) is 0 Å². The van der Waals surface area contributed by atoms with Crippen molar-refractivity contribution < 1.29 is 9.15 Å². The summed E-state index contributed by atoms with van der Waals surface area (Å²) in [6, 6.07) is 3.92. The van der Waals surface area contributed by atoms with Gasteiger partial charge in [0, 0.05) is 32.7 Å². The first-order valence-electron chi connectivity index (χ1n) is 8.54. The van der Waals surface area contributed by atoms with E-state index >= 15 is 0 Å². The monoisotopic (exact) mass is 307 g/mol. The molecule has 2 heterocycles.